The molecule has 0 N–H and O–H groups in total. The minimum Gasteiger partial charge on any atom is -0.481 e. The van der Waals surface area contributed by atoms with Gasteiger partial charge >= 0.3 is 0 Å². The predicted molar refractivity (Wildman–Crippen MR) is 111 cm³/mol. The molecular weight excluding hydrogens is 397 g/mol. The van der Waals surface area contributed by atoms with Crippen molar-refractivity contribution in [1.29, 1.82) is 0 Å². The zero-order valence-electron chi connectivity index (χ0n) is 15.3. The molecule has 2 aromatic carbocycles. The van der Waals surface area contributed by atoms with Crippen LogP contribution in [0.25, 0.3) is 11.0 Å². The normalized spacial score (nSPS) is 11.0. The lowest BCUT2D eigenvalue weighted by Gasteiger charge is -2.10. The summed E-state index contributed by atoms with van der Waals surface area (Å²) in [7, 11) is 1.58. The molecule has 4 aromatic rings. The van der Waals surface area contributed by atoms with E-state index >= 15 is 0 Å². The Morgan fingerprint density at radius 2 is 1.82 bits per heavy atom. The number of ether oxygens (including phenoxy) is 2. The first-order chi connectivity index (χ1) is 13.5. The smallest absolute Gasteiger partial charge is 0.213 e. The van der Waals surface area contributed by atoms with Crippen molar-refractivity contribution in [2.45, 2.75) is 13.5 Å². The molecule has 0 unspecified atom stereocenters. The molecule has 4 rings (SSSR count). The van der Waals surface area contributed by atoms with Gasteiger partial charge in [-0.05, 0) is 48.9 Å². The molecule has 0 atom stereocenters. The molecule has 0 saturated carbocycles. The predicted octanol–water partition coefficient (Wildman–Crippen LogP) is 5.90. The van der Waals surface area contributed by atoms with Crippen LogP contribution in [0, 0.1) is 6.92 Å². The molecule has 0 radical (unpaired) electrons. The fourth-order valence-electron chi connectivity index (χ4n) is 3.01. The van der Waals surface area contributed by atoms with Gasteiger partial charge in [0.1, 0.15) is 17.3 Å². The maximum absolute atomic E-state index is 6.33. The van der Waals surface area contributed by atoms with Gasteiger partial charge in [0.15, 0.2) is 0 Å². The maximum atomic E-state index is 6.33. The number of rotatable bonds is 5. The van der Waals surface area contributed by atoms with Crippen LogP contribution >= 0.6 is 23.2 Å². The van der Waals surface area contributed by atoms with Crippen molar-refractivity contribution in [2.24, 2.45) is 0 Å². The van der Waals surface area contributed by atoms with Gasteiger partial charge in [-0.15, -0.1) is 0 Å². The molecule has 0 spiro atoms. The van der Waals surface area contributed by atoms with E-state index in [4.69, 9.17) is 32.7 Å². The number of hydrogen-bond donors (Lipinski definition) is 0. The number of aryl methyl sites for hydroxylation is 1. The van der Waals surface area contributed by atoms with Crippen molar-refractivity contribution in [3.63, 3.8) is 0 Å². The van der Waals surface area contributed by atoms with E-state index in [0.29, 0.717) is 34.0 Å². The molecule has 28 heavy (non-hydrogen) atoms. The van der Waals surface area contributed by atoms with E-state index in [9.17, 15) is 0 Å². The number of aromatic nitrogens is 3. The molecule has 2 heterocycles. The Labute approximate surface area is 172 Å². The molecule has 0 saturated heterocycles. The number of nitrogens with zero attached hydrogens (tertiary/aromatic N) is 3. The molecule has 2 aromatic heterocycles. The summed E-state index contributed by atoms with van der Waals surface area (Å²) < 4.78 is 13.0. The topological polar surface area (TPSA) is 49.2 Å². The third-order valence-electron chi connectivity index (χ3n) is 4.40. The van der Waals surface area contributed by atoms with Crippen molar-refractivity contribution in [3.05, 3.63) is 76.2 Å². The Morgan fingerprint density at radius 3 is 2.57 bits per heavy atom. The molecular formula is C21H17Cl2N3O2. The fraction of sp³-hybridized carbons (Fsp3) is 0.143. The number of benzene rings is 2. The van der Waals surface area contributed by atoms with Crippen LogP contribution in [0.2, 0.25) is 10.0 Å². The van der Waals surface area contributed by atoms with E-state index < -0.39 is 0 Å². The summed E-state index contributed by atoms with van der Waals surface area (Å²) in [6.45, 7) is 2.55. The van der Waals surface area contributed by atoms with Gasteiger partial charge in [-0.25, -0.2) is 9.97 Å². The highest BCUT2D eigenvalue weighted by molar-refractivity contribution is 6.33. The van der Waals surface area contributed by atoms with Gasteiger partial charge in [0.05, 0.1) is 30.9 Å². The quantitative estimate of drug-likeness (QED) is 0.408. The van der Waals surface area contributed by atoms with E-state index in [1.165, 1.54) is 0 Å². The van der Waals surface area contributed by atoms with Gasteiger partial charge < -0.3 is 14.0 Å². The zero-order chi connectivity index (χ0) is 19.7. The monoisotopic (exact) mass is 413 g/mol. The van der Waals surface area contributed by atoms with E-state index in [1.807, 2.05) is 37.3 Å². The van der Waals surface area contributed by atoms with E-state index in [1.54, 1.807) is 31.5 Å². The van der Waals surface area contributed by atoms with E-state index in [-0.39, 0.29) is 0 Å². The first-order valence-corrected chi connectivity index (χ1v) is 9.38. The Morgan fingerprint density at radius 1 is 1.00 bits per heavy atom. The minimum atomic E-state index is 0.539. The Bertz CT molecular complexity index is 1140. The first kappa shape index (κ1) is 18.6. The largest absolute Gasteiger partial charge is 0.481 e. The average Bonchev–Trinajstić information content (AvgIpc) is 3.00. The van der Waals surface area contributed by atoms with Gasteiger partial charge in [0.2, 0.25) is 5.88 Å². The fourth-order valence-corrected chi connectivity index (χ4v) is 3.38. The van der Waals surface area contributed by atoms with Crippen molar-refractivity contribution < 1.29 is 9.47 Å². The van der Waals surface area contributed by atoms with Crippen LogP contribution in [0.1, 0.15) is 11.4 Å². The molecule has 0 amide bonds. The number of halogens is 2. The summed E-state index contributed by atoms with van der Waals surface area (Å²) in [4.78, 5) is 8.81. The molecule has 0 bridgehead atoms. The Balaban J connectivity index is 1.63. The van der Waals surface area contributed by atoms with E-state index in [0.717, 1.165) is 22.4 Å². The Hall–Kier alpha value is -2.76. The summed E-state index contributed by atoms with van der Waals surface area (Å²) in [5, 5.41) is 1.34. The van der Waals surface area contributed by atoms with Gasteiger partial charge in [0, 0.05) is 22.2 Å². The van der Waals surface area contributed by atoms with Crippen molar-refractivity contribution in [2.75, 3.05) is 7.11 Å². The number of methoxy groups -OCH3 is 1. The summed E-state index contributed by atoms with van der Waals surface area (Å²) in [5.74, 6) is 2.73. The lowest BCUT2D eigenvalue weighted by Crippen LogP contribution is -2.02. The molecule has 7 heteroatoms. The second-order valence-electron chi connectivity index (χ2n) is 6.27. The summed E-state index contributed by atoms with van der Waals surface area (Å²) in [6, 6.07) is 14.8. The van der Waals surface area contributed by atoms with Crippen LogP contribution < -0.4 is 9.47 Å². The van der Waals surface area contributed by atoms with Gasteiger partial charge in [-0.3, -0.25) is 0 Å². The molecule has 142 valence electrons. The van der Waals surface area contributed by atoms with Crippen molar-refractivity contribution in [3.8, 4) is 17.4 Å². The van der Waals surface area contributed by atoms with Crippen LogP contribution in [0.15, 0.2) is 54.7 Å². The van der Waals surface area contributed by atoms with Crippen LogP contribution in [0.4, 0.5) is 0 Å². The van der Waals surface area contributed by atoms with Crippen LogP contribution in [0.5, 0.6) is 17.4 Å². The van der Waals surface area contributed by atoms with Crippen LogP contribution in [-0.2, 0) is 6.54 Å². The SMILES string of the molecule is COc1ccc(Oc2ccc3c(c2)nc(C)n3Cc2cc(Cl)ccc2Cl)cn1. The minimum absolute atomic E-state index is 0.539. The first-order valence-electron chi connectivity index (χ1n) is 8.62. The second kappa shape index (κ2) is 7.70. The van der Waals surface area contributed by atoms with Crippen LogP contribution in [0.3, 0.4) is 0 Å². The molecule has 0 aliphatic rings. The van der Waals surface area contributed by atoms with Gasteiger partial charge in [-0.2, -0.15) is 0 Å². The number of hydrogen-bond acceptors (Lipinski definition) is 4. The number of imidazole rings is 1. The van der Waals surface area contributed by atoms with Gasteiger partial charge in [-0.1, -0.05) is 23.2 Å². The highest BCUT2D eigenvalue weighted by atomic mass is 35.5. The van der Waals surface area contributed by atoms with Crippen LogP contribution in [-0.4, -0.2) is 21.6 Å². The second-order valence-corrected chi connectivity index (χ2v) is 7.11. The third-order valence-corrected chi connectivity index (χ3v) is 5.00. The van der Waals surface area contributed by atoms with E-state index in [2.05, 4.69) is 14.5 Å². The average molecular weight is 414 g/mol. The van der Waals surface area contributed by atoms with Crippen molar-refractivity contribution >= 4 is 34.2 Å². The standard InChI is InChI=1S/C21H17Cl2N3O2/c1-13-25-19-10-16(28-17-5-8-21(27-2)24-11-17)4-7-20(19)26(13)12-14-9-15(22)3-6-18(14)23/h3-11H,12H2,1-2H3. The molecule has 0 fully saturated rings. The third kappa shape index (κ3) is 3.77. The zero-order valence-corrected chi connectivity index (χ0v) is 16.8. The lowest BCUT2D eigenvalue weighted by atomic mass is 10.2. The molecule has 5 nitrogen and oxygen atoms in total. The highest BCUT2D eigenvalue weighted by Crippen LogP contribution is 2.28. The molecule has 0 aliphatic heterocycles. The summed E-state index contributed by atoms with van der Waals surface area (Å²) in [5.41, 5.74) is 2.78. The maximum Gasteiger partial charge on any atom is 0.213 e. The van der Waals surface area contributed by atoms with Crippen molar-refractivity contribution in [1.82, 2.24) is 14.5 Å². The lowest BCUT2D eigenvalue weighted by molar-refractivity contribution is 0.395. The summed E-state index contributed by atoms with van der Waals surface area (Å²) in [6.07, 6.45) is 1.62. The Kier molecular flexibility index (Phi) is 5.11. The van der Waals surface area contributed by atoms with Gasteiger partial charge in [0.25, 0.3) is 0 Å². The number of pyridine rings is 1. The summed E-state index contributed by atoms with van der Waals surface area (Å²) >= 11 is 12.4. The highest BCUT2D eigenvalue weighted by Gasteiger charge is 2.11. The molecule has 0 aliphatic carbocycles. The number of fused-ring (bicyclic) bond motifs is 1.